The first-order valence-corrected chi connectivity index (χ1v) is 12.5. The van der Waals surface area contributed by atoms with Gasteiger partial charge < -0.3 is 23.8 Å². The SMILES string of the molecule is [2H]C([2H])(O[P@@](=O)(N[C@@H](C)C(=O)OC(C)C)Oc1ccccc1)[C@H]1O[C@@H](n2ccc(=O)[nH]c2=O)[C@H](OC)[C@@H]1O. The number of H-pyrrole nitrogens is 1. The van der Waals surface area contributed by atoms with Crippen molar-refractivity contribution in [2.75, 3.05) is 13.7 Å². The minimum atomic E-state index is -4.70. The van der Waals surface area contributed by atoms with Gasteiger partial charge in [-0.3, -0.25) is 23.7 Å². The van der Waals surface area contributed by atoms with Gasteiger partial charge in [0, 0.05) is 19.4 Å². The van der Waals surface area contributed by atoms with Crippen molar-refractivity contribution in [3.05, 3.63) is 63.4 Å². The van der Waals surface area contributed by atoms with Gasteiger partial charge in [0.15, 0.2) is 6.23 Å². The Hall–Kier alpha value is -2.80. The Balaban J connectivity index is 1.91. The van der Waals surface area contributed by atoms with Crippen LogP contribution in [0.15, 0.2) is 52.2 Å². The number of carbonyl (C=O) groups is 1. The van der Waals surface area contributed by atoms with E-state index in [1.165, 1.54) is 26.2 Å². The molecule has 1 aliphatic rings. The Morgan fingerprint density at radius 1 is 1.28 bits per heavy atom. The van der Waals surface area contributed by atoms with Gasteiger partial charge in [0.2, 0.25) is 0 Å². The van der Waals surface area contributed by atoms with Gasteiger partial charge >= 0.3 is 19.4 Å². The number of aromatic nitrogens is 2. The van der Waals surface area contributed by atoms with Gasteiger partial charge in [-0.1, -0.05) is 18.2 Å². The molecule has 1 aromatic carbocycles. The van der Waals surface area contributed by atoms with Crippen molar-refractivity contribution < 1.29 is 40.5 Å². The topological polar surface area (TPSA) is 167 Å². The van der Waals surface area contributed by atoms with E-state index < -0.39 is 68.2 Å². The number of hydrogen-bond acceptors (Lipinski definition) is 10. The number of aliphatic hydroxyl groups is 1. The summed E-state index contributed by atoms with van der Waals surface area (Å²) in [6.45, 7) is 1.53. The number of hydrogen-bond donors (Lipinski definition) is 3. The van der Waals surface area contributed by atoms with Crippen molar-refractivity contribution in [2.45, 2.75) is 57.5 Å². The number of nitrogens with zero attached hydrogens (tertiary/aromatic N) is 1. The van der Waals surface area contributed by atoms with Gasteiger partial charge in [-0.25, -0.2) is 9.36 Å². The first kappa shape index (κ1) is 24.9. The number of methoxy groups -OCH3 is 1. The molecule has 0 bridgehead atoms. The van der Waals surface area contributed by atoms with Crippen LogP contribution in [0.2, 0.25) is 0 Å². The normalized spacial score (nSPS) is 25.5. The van der Waals surface area contributed by atoms with Crippen LogP contribution < -0.4 is 20.9 Å². The third-order valence-electron chi connectivity index (χ3n) is 4.93. The van der Waals surface area contributed by atoms with Crippen LogP contribution >= 0.6 is 7.75 Å². The number of esters is 1. The summed E-state index contributed by atoms with van der Waals surface area (Å²) in [6.07, 6.45) is -5.64. The van der Waals surface area contributed by atoms with Crippen molar-refractivity contribution in [1.82, 2.24) is 14.6 Å². The van der Waals surface area contributed by atoms with Gasteiger partial charge in [0.05, 0.1) is 15.4 Å². The van der Waals surface area contributed by atoms with Gasteiger partial charge in [0.25, 0.3) is 5.56 Å². The zero-order chi connectivity index (χ0) is 28.3. The molecule has 0 amide bonds. The molecule has 1 fully saturated rings. The minimum Gasteiger partial charge on any atom is -0.462 e. The molecule has 3 rings (SSSR count). The third-order valence-corrected chi connectivity index (χ3v) is 6.43. The van der Waals surface area contributed by atoms with Crippen LogP contribution in [0.3, 0.4) is 0 Å². The van der Waals surface area contributed by atoms with Gasteiger partial charge in [-0.2, -0.15) is 5.09 Å². The molecule has 0 aliphatic carbocycles. The molecule has 1 aliphatic heterocycles. The van der Waals surface area contributed by atoms with Crippen molar-refractivity contribution in [1.29, 1.82) is 0 Å². The highest BCUT2D eigenvalue weighted by molar-refractivity contribution is 7.52. The number of aromatic amines is 1. The molecule has 1 saturated heterocycles. The molecular weight excluding hydrogens is 497 g/mol. The molecule has 0 spiro atoms. The average Bonchev–Trinajstić information content (AvgIpc) is 3.15. The maximum Gasteiger partial charge on any atom is 0.459 e. The molecule has 3 N–H and O–H groups in total. The number of nitrogens with one attached hydrogen (secondary N) is 2. The smallest absolute Gasteiger partial charge is 0.459 e. The van der Waals surface area contributed by atoms with Crippen molar-refractivity contribution in [3.8, 4) is 5.75 Å². The Morgan fingerprint density at radius 2 is 1.97 bits per heavy atom. The summed E-state index contributed by atoms with van der Waals surface area (Å²) < 4.78 is 58.4. The number of benzene rings is 1. The van der Waals surface area contributed by atoms with Crippen LogP contribution in [-0.4, -0.2) is 64.8 Å². The van der Waals surface area contributed by atoms with Crippen LogP contribution in [-0.2, 0) is 28.1 Å². The molecule has 2 heterocycles. The Bertz CT molecular complexity index is 1270. The highest BCUT2D eigenvalue weighted by atomic mass is 31.2. The minimum absolute atomic E-state index is 0.0314. The fourth-order valence-electron chi connectivity index (χ4n) is 3.29. The Labute approximate surface area is 209 Å². The first-order valence-electron chi connectivity index (χ1n) is 12.0. The summed E-state index contributed by atoms with van der Waals surface area (Å²) in [6, 6.07) is 7.47. The van der Waals surface area contributed by atoms with E-state index in [0.717, 1.165) is 16.8 Å². The maximum atomic E-state index is 13.8. The molecule has 0 saturated carbocycles. The fourth-order valence-corrected chi connectivity index (χ4v) is 4.66. The van der Waals surface area contributed by atoms with Crippen LogP contribution in [0.4, 0.5) is 0 Å². The molecule has 6 atom stereocenters. The lowest BCUT2D eigenvalue weighted by Crippen LogP contribution is -2.39. The highest BCUT2D eigenvalue weighted by Gasteiger charge is 2.47. The molecule has 0 unspecified atom stereocenters. The van der Waals surface area contributed by atoms with E-state index in [1.54, 1.807) is 32.0 Å². The number of rotatable bonds is 11. The standard InChI is InChI=1S/C22H30N3O10P/c1-13(2)33-21(28)14(3)24-36(30,35-15-8-6-5-7-9-15)32-12-16-18(27)19(31-4)20(34-16)25-11-10-17(26)23-22(25)29/h5-11,13-14,16,18-20,27H,12H2,1-4H3,(H,24,30)(H,23,26,29)/t14-,16+,18+,19+,20+,36-/m0/s1/i12D2. The second-order valence-electron chi connectivity index (χ2n) is 8.10. The third kappa shape index (κ3) is 6.90. The zero-order valence-corrected chi connectivity index (χ0v) is 20.9. The van der Waals surface area contributed by atoms with Crippen molar-refractivity contribution in [2.24, 2.45) is 0 Å². The number of aliphatic hydroxyl groups excluding tert-OH is 1. The van der Waals surface area contributed by atoms with E-state index in [2.05, 4.69) is 5.09 Å². The fraction of sp³-hybridized carbons (Fsp3) is 0.500. The van der Waals surface area contributed by atoms with E-state index >= 15 is 0 Å². The summed E-state index contributed by atoms with van der Waals surface area (Å²) in [7, 11) is -3.50. The Morgan fingerprint density at radius 3 is 2.58 bits per heavy atom. The first-order chi connectivity index (χ1) is 17.8. The van der Waals surface area contributed by atoms with Crippen LogP contribution in [0.5, 0.6) is 5.75 Å². The zero-order valence-electron chi connectivity index (χ0n) is 22.0. The average molecular weight is 529 g/mol. The van der Waals surface area contributed by atoms with E-state index in [1.807, 2.05) is 4.98 Å². The number of ether oxygens (including phenoxy) is 3. The molecule has 1 aromatic heterocycles. The predicted molar refractivity (Wildman–Crippen MR) is 126 cm³/mol. The highest BCUT2D eigenvalue weighted by Crippen LogP contribution is 2.46. The largest absolute Gasteiger partial charge is 0.462 e. The molecule has 36 heavy (non-hydrogen) atoms. The van der Waals surface area contributed by atoms with E-state index in [4.69, 9.17) is 26.0 Å². The van der Waals surface area contributed by atoms with Crippen LogP contribution in [0.1, 0.15) is 29.7 Å². The molecule has 0 radical (unpaired) electrons. The molecular formula is C22H30N3O10P. The van der Waals surface area contributed by atoms with Gasteiger partial charge in [-0.15, -0.1) is 0 Å². The number of carbonyl (C=O) groups excluding carboxylic acids is 1. The summed E-state index contributed by atoms with van der Waals surface area (Å²) in [5, 5.41) is 13.2. The van der Waals surface area contributed by atoms with Crippen LogP contribution in [0.25, 0.3) is 0 Å². The molecule has 198 valence electrons. The maximum absolute atomic E-state index is 13.8. The van der Waals surface area contributed by atoms with Crippen LogP contribution in [0, 0.1) is 0 Å². The summed E-state index contributed by atoms with van der Waals surface area (Å²) in [5.41, 5.74) is -1.57. The molecule has 2 aromatic rings. The lowest BCUT2D eigenvalue weighted by atomic mass is 10.1. The second kappa shape index (κ2) is 12.0. The van der Waals surface area contributed by atoms with E-state index in [0.29, 0.717) is 0 Å². The monoisotopic (exact) mass is 529 g/mol. The van der Waals surface area contributed by atoms with Crippen molar-refractivity contribution in [3.63, 3.8) is 0 Å². The Kier molecular flexibility index (Phi) is 8.26. The van der Waals surface area contributed by atoms with Gasteiger partial charge in [0.1, 0.15) is 30.1 Å². The lowest BCUT2D eigenvalue weighted by Gasteiger charge is -2.25. The quantitative estimate of drug-likeness (QED) is 0.280. The van der Waals surface area contributed by atoms with E-state index in [-0.39, 0.29) is 5.75 Å². The molecule has 14 heteroatoms. The van der Waals surface area contributed by atoms with E-state index in [9.17, 15) is 24.1 Å². The summed E-state index contributed by atoms with van der Waals surface area (Å²) in [4.78, 5) is 38.1. The lowest BCUT2D eigenvalue weighted by molar-refractivity contribution is -0.149. The van der Waals surface area contributed by atoms with Crippen molar-refractivity contribution >= 4 is 13.7 Å². The second-order valence-corrected chi connectivity index (χ2v) is 9.72. The number of para-hydroxylation sites is 1. The predicted octanol–water partition coefficient (Wildman–Crippen LogP) is 0.943. The molecule has 13 nitrogen and oxygen atoms in total. The summed E-state index contributed by atoms with van der Waals surface area (Å²) >= 11 is 0. The summed E-state index contributed by atoms with van der Waals surface area (Å²) in [5.74, 6) is -0.765. The van der Waals surface area contributed by atoms with Gasteiger partial charge in [-0.05, 0) is 32.9 Å².